The van der Waals surface area contributed by atoms with Crippen molar-refractivity contribution in [2.24, 2.45) is 0 Å². The van der Waals surface area contributed by atoms with Crippen LogP contribution < -0.4 is 0 Å². The monoisotopic (exact) mass is 250 g/mol. The first-order valence-corrected chi connectivity index (χ1v) is 5.72. The molecule has 2 aromatic heterocycles. The molecule has 0 N–H and O–H groups in total. The second-order valence-electron chi connectivity index (χ2n) is 3.39. The second kappa shape index (κ2) is 4.55. The molecule has 88 valence electrons. The number of rotatable bonds is 3. The average Bonchev–Trinajstić information content (AvgIpc) is 2.95. The molecule has 0 atom stereocenters. The average molecular weight is 250 g/mol. The van der Waals surface area contributed by atoms with Crippen molar-refractivity contribution in [3.8, 4) is 0 Å². The van der Waals surface area contributed by atoms with Gasteiger partial charge >= 0.3 is 5.97 Å². The summed E-state index contributed by atoms with van der Waals surface area (Å²) in [6, 6.07) is 6.51. The van der Waals surface area contributed by atoms with Crippen molar-refractivity contribution in [1.82, 2.24) is 0 Å². The number of furan rings is 1. The van der Waals surface area contributed by atoms with Crippen molar-refractivity contribution < 1.29 is 18.7 Å². The van der Waals surface area contributed by atoms with Crippen molar-refractivity contribution >= 4 is 23.1 Å². The molecule has 0 amide bonds. The van der Waals surface area contributed by atoms with Crippen molar-refractivity contribution in [2.45, 2.75) is 6.92 Å². The van der Waals surface area contributed by atoms with Gasteiger partial charge in [0.1, 0.15) is 0 Å². The van der Waals surface area contributed by atoms with Crippen molar-refractivity contribution in [2.75, 3.05) is 7.11 Å². The van der Waals surface area contributed by atoms with Gasteiger partial charge in [-0.25, -0.2) is 4.79 Å². The normalized spacial score (nSPS) is 10.2. The summed E-state index contributed by atoms with van der Waals surface area (Å²) >= 11 is 1.39. The fourth-order valence-electron chi connectivity index (χ4n) is 1.35. The molecule has 2 aromatic rings. The van der Waals surface area contributed by atoms with Crippen LogP contribution in [0.1, 0.15) is 30.9 Å². The standard InChI is InChI=1S/C12H10O4S/c1-7-3-6-10(17-7)11(13)8-4-5-9(16-8)12(14)15-2/h3-6H,1-2H3. The number of carbonyl (C=O) groups excluding carboxylic acids is 2. The lowest BCUT2D eigenvalue weighted by Crippen LogP contribution is -1.99. The molecule has 0 radical (unpaired) electrons. The van der Waals surface area contributed by atoms with Gasteiger partial charge in [-0.3, -0.25) is 4.79 Å². The number of hydrogen-bond donors (Lipinski definition) is 0. The highest BCUT2D eigenvalue weighted by Crippen LogP contribution is 2.20. The van der Waals surface area contributed by atoms with Gasteiger partial charge in [-0.15, -0.1) is 11.3 Å². The Hall–Kier alpha value is -1.88. The third-order valence-electron chi connectivity index (χ3n) is 2.18. The fourth-order valence-corrected chi connectivity index (χ4v) is 2.16. The van der Waals surface area contributed by atoms with E-state index in [1.807, 2.05) is 13.0 Å². The number of ether oxygens (including phenoxy) is 1. The number of methoxy groups -OCH3 is 1. The van der Waals surface area contributed by atoms with Crippen LogP contribution in [-0.4, -0.2) is 18.9 Å². The Labute approximate surface area is 102 Å². The molecule has 0 unspecified atom stereocenters. The molecule has 0 aromatic carbocycles. The Balaban J connectivity index is 2.26. The van der Waals surface area contributed by atoms with E-state index in [1.165, 1.54) is 30.6 Å². The second-order valence-corrected chi connectivity index (χ2v) is 4.68. The quantitative estimate of drug-likeness (QED) is 0.620. The van der Waals surface area contributed by atoms with E-state index in [9.17, 15) is 9.59 Å². The molecule has 4 nitrogen and oxygen atoms in total. The summed E-state index contributed by atoms with van der Waals surface area (Å²) in [5.74, 6) is -0.638. The Bertz CT molecular complexity index is 565. The Morgan fingerprint density at radius 3 is 2.47 bits per heavy atom. The van der Waals surface area contributed by atoms with Crippen molar-refractivity contribution in [1.29, 1.82) is 0 Å². The Morgan fingerprint density at radius 1 is 1.18 bits per heavy atom. The third kappa shape index (κ3) is 2.29. The number of carbonyl (C=O) groups is 2. The van der Waals surface area contributed by atoms with E-state index in [-0.39, 0.29) is 17.3 Å². The van der Waals surface area contributed by atoms with Gasteiger partial charge in [0, 0.05) is 4.88 Å². The lowest BCUT2D eigenvalue weighted by atomic mass is 10.2. The van der Waals surface area contributed by atoms with Crippen LogP contribution in [0, 0.1) is 6.92 Å². The molecule has 0 aliphatic rings. The maximum Gasteiger partial charge on any atom is 0.373 e. The molecular formula is C12H10O4S. The zero-order chi connectivity index (χ0) is 12.4. The van der Waals surface area contributed by atoms with E-state index < -0.39 is 5.97 Å². The molecule has 0 aliphatic heterocycles. The Morgan fingerprint density at radius 2 is 1.88 bits per heavy atom. The van der Waals surface area contributed by atoms with E-state index in [2.05, 4.69) is 4.74 Å². The highest BCUT2D eigenvalue weighted by atomic mass is 32.1. The van der Waals surface area contributed by atoms with Crippen LogP contribution in [0.5, 0.6) is 0 Å². The number of aryl methyl sites for hydroxylation is 1. The molecule has 0 fully saturated rings. The summed E-state index contributed by atoms with van der Waals surface area (Å²) in [6.45, 7) is 1.92. The fraction of sp³-hybridized carbons (Fsp3) is 0.167. The minimum Gasteiger partial charge on any atom is -0.463 e. The molecular weight excluding hydrogens is 240 g/mol. The third-order valence-corrected chi connectivity index (χ3v) is 3.18. The minimum atomic E-state index is -0.591. The number of hydrogen-bond acceptors (Lipinski definition) is 5. The summed E-state index contributed by atoms with van der Waals surface area (Å²) in [4.78, 5) is 24.8. The molecule has 0 aliphatic carbocycles. The molecule has 5 heteroatoms. The van der Waals surface area contributed by atoms with Gasteiger partial charge in [0.15, 0.2) is 5.76 Å². The first-order valence-electron chi connectivity index (χ1n) is 4.91. The van der Waals surface area contributed by atoms with E-state index in [4.69, 9.17) is 4.42 Å². The van der Waals surface area contributed by atoms with Crippen LogP contribution in [-0.2, 0) is 4.74 Å². The zero-order valence-corrected chi connectivity index (χ0v) is 10.2. The molecule has 0 saturated heterocycles. The van der Waals surface area contributed by atoms with Gasteiger partial charge in [-0.1, -0.05) is 0 Å². The smallest absolute Gasteiger partial charge is 0.373 e. The van der Waals surface area contributed by atoms with Crippen LogP contribution >= 0.6 is 11.3 Å². The van der Waals surface area contributed by atoms with Crippen LogP contribution in [0.4, 0.5) is 0 Å². The lowest BCUT2D eigenvalue weighted by Gasteiger charge is -1.94. The maximum absolute atomic E-state index is 11.9. The zero-order valence-electron chi connectivity index (χ0n) is 9.35. The van der Waals surface area contributed by atoms with Gasteiger partial charge in [-0.05, 0) is 31.2 Å². The van der Waals surface area contributed by atoms with Crippen LogP contribution in [0.2, 0.25) is 0 Å². The minimum absolute atomic E-state index is 0.0316. The van der Waals surface area contributed by atoms with Crippen LogP contribution in [0.25, 0.3) is 0 Å². The SMILES string of the molecule is COC(=O)c1ccc(C(=O)c2ccc(C)s2)o1. The van der Waals surface area contributed by atoms with Gasteiger partial charge in [0.25, 0.3) is 0 Å². The maximum atomic E-state index is 11.9. The molecule has 17 heavy (non-hydrogen) atoms. The van der Waals surface area contributed by atoms with E-state index >= 15 is 0 Å². The number of thiophene rings is 1. The highest BCUT2D eigenvalue weighted by Gasteiger charge is 2.18. The topological polar surface area (TPSA) is 56.5 Å². The summed E-state index contributed by atoms with van der Waals surface area (Å²) in [7, 11) is 1.26. The summed E-state index contributed by atoms with van der Waals surface area (Å²) in [6.07, 6.45) is 0. The van der Waals surface area contributed by atoms with E-state index in [0.29, 0.717) is 4.88 Å². The molecule has 0 saturated carbocycles. The highest BCUT2D eigenvalue weighted by molar-refractivity contribution is 7.14. The number of ketones is 1. The Kier molecular flexibility index (Phi) is 3.10. The molecule has 2 heterocycles. The lowest BCUT2D eigenvalue weighted by molar-refractivity contribution is 0.0563. The molecule has 0 bridgehead atoms. The predicted octanol–water partition coefficient (Wildman–Crippen LogP) is 2.67. The summed E-state index contributed by atoms with van der Waals surface area (Å²) in [5, 5.41) is 0. The predicted molar refractivity (Wildman–Crippen MR) is 62.5 cm³/mol. The van der Waals surface area contributed by atoms with Gasteiger partial charge in [0.05, 0.1) is 12.0 Å². The number of esters is 1. The van der Waals surface area contributed by atoms with Crippen molar-refractivity contribution in [3.63, 3.8) is 0 Å². The van der Waals surface area contributed by atoms with E-state index in [1.54, 1.807) is 6.07 Å². The van der Waals surface area contributed by atoms with Gasteiger partial charge in [0.2, 0.25) is 11.5 Å². The molecule has 2 rings (SSSR count). The van der Waals surface area contributed by atoms with Gasteiger partial charge < -0.3 is 9.15 Å². The molecule has 0 spiro atoms. The van der Waals surface area contributed by atoms with Gasteiger partial charge in [-0.2, -0.15) is 0 Å². The first-order chi connectivity index (χ1) is 8.11. The van der Waals surface area contributed by atoms with Crippen LogP contribution in [0.15, 0.2) is 28.7 Å². The largest absolute Gasteiger partial charge is 0.463 e. The van der Waals surface area contributed by atoms with Crippen LogP contribution in [0.3, 0.4) is 0 Å². The van der Waals surface area contributed by atoms with Crippen molar-refractivity contribution in [3.05, 3.63) is 45.5 Å². The summed E-state index contributed by atoms with van der Waals surface area (Å²) < 4.78 is 9.64. The van der Waals surface area contributed by atoms with E-state index in [0.717, 1.165) is 4.88 Å². The first kappa shape index (κ1) is 11.6. The summed E-state index contributed by atoms with van der Waals surface area (Å²) in [5.41, 5.74) is 0.